The van der Waals surface area contributed by atoms with E-state index in [1.807, 2.05) is 18.2 Å². The van der Waals surface area contributed by atoms with Crippen molar-refractivity contribution in [1.29, 1.82) is 0 Å². The molecule has 4 aromatic rings. The van der Waals surface area contributed by atoms with E-state index >= 15 is 0 Å². The van der Waals surface area contributed by atoms with Crippen LogP contribution < -0.4 is 19.9 Å². The Balaban J connectivity index is 1.46. The number of likely N-dealkylation sites (tertiary alicyclic amines) is 1. The van der Waals surface area contributed by atoms with E-state index in [-0.39, 0.29) is 17.6 Å². The van der Waals surface area contributed by atoms with E-state index in [9.17, 15) is 9.59 Å². The van der Waals surface area contributed by atoms with E-state index in [0.717, 1.165) is 5.52 Å². The molecule has 0 aliphatic carbocycles. The molecular weight excluding hydrogens is 460 g/mol. The molecule has 2 aromatic heterocycles. The molecule has 9 nitrogen and oxygen atoms in total. The Kier molecular flexibility index (Phi) is 6.20. The SMILES string of the molecule is C=CC(=O)N1CCC(n2c(=O)n(-c3ccc(Oc4ccc(OC)c(OC)c4)cc3)c3cnccc32)C1. The monoisotopic (exact) mass is 486 g/mol. The molecule has 1 fully saturated rings. The number of aromatic nitrogens is 3. The summed E-state index contributed by atoms with van der Waals surface area (Å²) in [5.74, 6) is 2.26. The quantitative estimate of drug-likeness (QED) is 0.368. The summed E-state index contributed by atoms with van der Waals surface area (Å²) in [7, 11) is 3.15. The summed E-state index contributed by atoms with van der Waals surface area (Å²) in [5.41, 5.74) is 1.99. The van der Waals surface area contributed by atoms with Gasteiger partial charge in [0, 0.05) is 25.4 Å². The van der Waals surface area contributed by atoms with Gasteiger partial charge in [0.2, 0.25) is 5.91 Å². The maximum atomic E-state index is 13.6. The van der Waals surface area contributed by atoms with E-state index in [2.05, 4.69) is 11.6 Å². The number of nitrogens with zero attached hydrogens (tertiary/aromatic N) is 4. The molecule has 0 spiro atoms. The van der Waals surface area contributed by atoms with Crippen LogP contribution in [0, 0.1) is 0 Å². The van der Waals surface area contributed by atoms with Crippen molar-refractivity contribution in [3.05, 3.63) is 84.1 Å². The Hall–Kier alpha value is -4.53. The minimum atomic E-state index is -0.176. The minimum absolute atomic E-state index is 0.124. The molecule has 2 aromatic carbocycles. The molecule has 1 aliphatic heterocycles. The second-order valence-corrected chi connectivity index (χ2v) is 8.40. The second-order valence-electron chi connectivity index (χ2n) is 8.40. The average molecular weight is 487 g/mol. The molecule has 184 valence electrons. The van der Waals surface area contributed by atoms with Crippen molar-refractivity contribution in [3.8, 4) is 28.7 Å². The third kappa shape index (κ3) is 4.08. The highest BCUT2D eigenvalue weighted by Gasteiger charge is 2.30. The van der Waals surface area contributed by atoms with Crippen LogP contribution in [-0.4, -0.2) is 52.2 Å². The van der Waals surface area contributed by atoms with Gasteiger partial charge in [-0.3, -0.25) is 18.9 Å². The zero-order valence-electron chi connectivity index (χ0n) is 20.1. The van der Waals surface area contributed by atoms with Crippen molar-refractivity contribution in [2.75, 3.05) is 27.3 Å². The number of methoxy groups -OCH3 is 2. The van der Waals surface area contributed by atoms with E-state index in [4.69, 9.17) is 14.2 Å². The van der Waals surface area contributed by atoms with Gasteiger partial charge < -0.3 is 19.1 Å². The van der Waals surface area contributed by atoms with Gasteiger partial charge in [-0.2, -0.15) is 0 Å². The summed E-state index contributed by atoms with van der Waals surface area (Å²) in [5, 5.41) is 0. The summed E-state index contributed by atoms with van der Waals surface area (Å²) in [6.45, 7) is 4.62. The van der Waals surface area contributed by atoms with Crippen LogP contribution in [0.5, 0.6) is 23.0 Å². The van der Waals surface area contributed by atoms with Crippen LogP contribution in [0.1, 0.15) is 12.5 Å². The van der Waals surface area contributed by atoms with Gasteiger partial charge in [-0.25, -0.2) is 4.79 Å². The van der Waals surface area contributed by atoms with Crippen LogP contribution >= 0.6 is 0 Å². The summed E-state index contributed by atoms with van der Waals surface area (Å²) in [6.07, 6.45) is 5.36. The fraction of sp³-hybridized carbons (Fsp3) is 0.222. The first-order chi connectivity index (χ1) is 17.5. The fourth-order valence-electron chi connectivity index (χ4n) is 4.63. The van der Waals surface area contributed by atoms with Crippen LogP contribution in [-0.2, 0) is 4.79 Å². The van der Waals surface area contributed by atoms with E-state index in [1.165, 1.54) is 6.08 Å². The highest BCUT2D eigenvalue weighted by atomic mass is 16.5. The second kappa shape index (κ2) is 9.61. The maximum Gasteiger partial charge on any atom is 0.334 e. The topological polar surface area (TPSA) is 87.8 Å². The van der Waals surface area contributed by atoms with Crippen LogP contribution in [0.3, 0.4) is 0 Å². The Labute approximate surface area is 207 Å². The number of imidazole rings is 1. The molecular formula is C27H26N4O5. The highest BCUT2D eigenvalue weighted by molar-refractivity contribution is 5.87. The zero-order valence-corrected chi connectivity index (χ0v) is 20.1. The number of rotatable bonds is 7. The largest absolute Gasteiger partial charge is 0.493 e. The maximum absolute atomic E-state index is 13.6. The standard InChI is InChI=1S/C27H26N4O5/c1-4-26(32)29-14-12-19(17-29)31-22-11-13-28-16-23(22)30(27(31)33)18-5-7-20(8-6-18)36-21-9-10-24(34-2)25(15-21)35-3/h4-11,13,15-16,19H,1,12,14,17H2,2-3H3. The first-order valence-corrected chi connectivity index (χ1v) is 11.5. The molecule has 1 unspecified atom stereocenters. The van der Waals surface area contributed by atoms with Crippen LogP contribution in [0.15, 0.2) is 78.4 Å². The van der Waals surface area contributed by atoms with E-state index in [1.54, 1.807) is 71.0 Å². The Morgan fingerprint density at radius 2 is 1.78 bits per heavy atom. The number of pyridine rings is 1. The predicted molar refractivity (Wildman–Crippen MR) is 135 cm³/mol. The number of hydrogen-bond acceptors (Lipinski definition) is 6. The molecule has 0 radical (unpaired) electrons. The highest BCUT2D eigenvalue weighted by Crippen LogP contribution is 2.33. The number of ether oxygens (including phenoxy) is 3. The van der Waals surface area contributed by atoms with Gasteiger partial charge in [-0.05, 0) is 55.0 Å². The molecule has 3 heterocycles. The molecule has 9 heteroatoms. The van der Waals surface area contributed by atoms with Crippen molar-refractivity contribution < 1.29 is 19.0 Å². The van der Waals surface area contributed by atoms with Gasteiger partial charge in [0.25, 0.3) is 0 Å². The molecule has 5 rings (SSSR count). The molecule has 1 aliphatic rings. The molecule has 36 heavy (non-hydrogen) atoms. The number of benzene rings is 2. The van der Waals surface area contributed by atoms with Gasteiger partial charge >= 0.3 is 5.69 Å². The molecule has 0 N–H and O–H groups in total. The van der Waals surface area contributed by atoms with E-state index < -0.39 is 0 Å². The van der Waals surface area contributed by atoms with E-state index in [0.29, 0.717) is 53.7 Å². The summed E-state index contributed by atoms with van der Waals surface area (Å²) in [4.78, 5) is 31.7. The summed E-state index contributed by atoms with van der Waals surface area (Å²) in [6, 6.07) is 14.3. The van der Waals surface area contributed by atoms with Gasteiger partial charge in [0.15, 0.2) is 11.5 Å². The lowest BCUT2D eigenvalue weighted by molar-refractivity contribution is -0.125. The fourth-order valence-corrected chi connectivity index (χ4v) is 4.63. The minimum Gasteiger partial charge on any atom is -0.493 e. The van der Waals surface area contributed by atoms with Crippen LogP contribution in [0.25, 0.3) is 16.7 Å². The van der Waals surface area contributed by atoms with Gasteiger partial charge in [0.05, 0.1) is 43.2 Å². The molecule has 1 saturated heterocycles. The Morgan fingerprint density at radius 3 is 2.50 bits per heavy atom. The number of fused-ring (bicyclic) bond motifs is 1. The van der Waals surface area contributed by atoms with Crippen molar-refractivity contribution in [2.45, 2.75) is 12.5 Å². The lowest BCUT2D eigenvalue weighted by Gasteiger charge is -2.15. The van der Waals surface area contributed by atoms with Crippen molar-refractivity contribution in [3.63, 3.8) is 0 Å². The number of carbonyl (C=O) groups excluding carboxylic acids is 1. The Bertz CT molecular complexity index is 1490. The molecule has 0 bridgehead atoms. The van der Waals surface area contributed by atoms with Gasteiger partial charge in [-0.1, -0.05) is 6.58 Å². The summed E-state index contributed by atoms with van der Waals surface area (Å²) < 4.78 is 20.0. The first-order valence-electron chi connectivity index (χ1n) is 11.5. The number of hydrogen-bond donors (Lipinski definition) is 0. The van der Waals surface area contributed by atoms with Crippen molar-refractivity contribution >= 4 is 16.9 Å². The third-order valence-corrected chi connectivity index (χ3v) is 6.38. The van der Waals surface area contributed by atoms with Gasteiger partial charge in [0.1, 0.15) is 11.5 Å². The summed E-state index contributed by atoms with van der Waals surface area (Å²) >= 11 is 0. The van der Waals surface area contributed by atoms with Crippen molar-refractivity contribution in [1.82, 2.24) is 19.0 Å². The smallest absolute Gasteiger partial charge is 0.334 e. The lowest BCUT2D eigenvalue weighted by Crippen LogP contribution is -2.31. The van der Waals surface area contributed by atoms with Crippen LogP contribution in [0.4, 0.5) is 0 Å². The molecule has 1 amide bonds. The van der Waals surface area contributed by atoms with Crippen molar-refractivity contribution in [2.24, 2.45) is 0 Å². The number of carbonyl (C=O) groups is 1. The average Bonchev–Trinajstić information content (AvgIpc) is 3.50. The van der Waals surface area contributed by atoms with Crippen LogP contribution in [0.2, 0.25) is 0 Å². The lowest BCUT2D eigenvalue weighted by atomic mass is 10.2. The Morgan fingerprint density at radius 1 is 1.03 bits per heavy atom. The molecule has 0 saturated carbocycles. The third-order valence-electron chi connectivity index (χ3n) is 6.38. The first kappa shape index (κ1) is 23.2. The zero-order chi connectivity index (χ0) is 25.2. The normalized spacial score (nSPS) is 15.2. The molecule has 1 atom stereocenters. The predicted octanol–water partition coefficient (Wildman–Crippen LogP) is 3.96. The van der Waals surface area contributed by atoms with Gasteiger partial charge in [-0.15, -0.1) is 0 Å². The number of amides is 1.